The van der Waals surface area contributed by atoms with Crippen molar-refractivity contribution >= 4 is 5.96 Å². The van der Waals surface area contributed by atoms with E-state index in [1.54, 1.807) is 7.11 Å². The summed E-state index contributed by atoms with van der Waals surface area (Å²) in [6.07, 6.45) is 1.05. The van der Waals surface area contributed by atoms with Crippen molar-refractivity contribution in [1.29, 1.82) is 0 Å². The highest BCUT2D eigenvalue weighted by Crippen LogP contribution is 2.26. The number of guanidine groups is 1. The van der Waals surface area contributed by atoms with Gasteiger partial charge in [0.15, 0.2) is 5.96 Å². The number of para-hydroxylation sites is 1. The van der Waals surface area contributed by atoms with Crippen molar-refractivity contribution in [3.8, 4) is 5.75 Å². The van der Waals surface area contributed by atoms with Gasteiger partial charge in [-0.3, -0.25) is 9.89 Å². The summed E-state index contributed by atoms with van der Waals surface area (Å²) in [5.41, 5.74) is 7.12. The molecule has 1 aromatic rings. The number of hydrogen-bond donors (Lipinski definition) is 2. The van der Waals surface area contributed by atoms with Gasteiger partial charge in [0, 0.05) is 32.1 Å². The maximum atomic E-state index is 5.96. The number of nitrogens with two attached hydrogens (primary N) is 1. The normalized spacial score (nSPS) is 17.5. The molecule has 1 aliphatic heterocycles. The molecule has 0 amide bonds. The topological polar surface area (TPSA) is 72.1 Å². The lowest BCUT2D eigenvalue weighted by Gasteiger charge is -2.26. The van der Waals surface area contributed by atoms with E-state index in [1.165, 1.54) is 0 Å². The minimum Gasteiger partial charge on any atom is -0.496 e. The lowest BCUT2D eigenvalue weighted by molar-refractivity contribution is 0.0376. The molecule has 6 nitrogen and oxygen atoms in total. The molecule has 0 radical (unpaired) electrons. The second-order valence-electron chi connectivity index (χ2n) is 6.10. The summed E-state index contributed by atoms with van der Waals surface area (Å²) >= 11 is 0. The van der Waals surface area contributed by atoms with Gasteiger partial charge in [-0.15, -0.1) is 0 Å². The van der Waals surface area contributed by atoms with Crippen molar-refractivity contribution in [3.05, 3.63) is 29.8 Å². The Morgan fingerprint density at radius 2 is 2.12 bits per heavy atom. The van der Waals surface area contributed by atoms with Crippen LogP contribution in [-0.4, -0.2) is 63.9 Å². The number of rotatable bonds is 8. The summed E-state index contributed by atoms with van der Waals surface area (Å²) in [4.78, 5) is 6.87. The first kappa shape index (κ1) is 18.5. The lowest BCUT2D eigenvalue weighted by Crippen LogP contribution is -2.39. The summed E-state index contributed by atoms with van der Waals surface area (Å²) in [5.74, 6) is 1.67. The summed E-state index contributed by atoms with van der Waals surface area (Å²) in [5, 5.41) is 3.20. The molecule has 1 fully saturated rings. The monoisotopic (exact) mass is 334 g/mol. The molecule has 2 rings (SSSR count). The van der Waals surface area contributed by atoms with E-state index < -0.39 is 0 Å². The van der Waals surface area contributed by atoms with Crippen LogP contribution in [0.1, 0.15) is 24.8 Å². The minimum atomic E-state index is 0.259. The molecule has 6 heteroatoms. The number of nitrogens with one attached hydrogen (secondary N) is 1. The zero-order valence-electron chi connectivity index (χ0n) is 14.8. The van der Waals surface area contributed by atoms with Crippen LogP contribution in [0.4, 0.5) is 0 Å². The molecule has 1 heterocycles. The molecule has 134 valence electrons. The molecule has 3 N–H and O–H groups in total. The average Bonchev–Trinajstić information content (AvgIpc) is 2.64. The van der Waals surface area contributed by atoms with Gasteiger partial charge in [0.05, 0.1) is 20.3 Å². The minimum absolute atomic E-state index is 0.259. The maximum absolute atomic E-state index is 5.96. The van der Waals surface area contributed by atoms with Crippen LogP contribution in [0.5, 0.6) is 5.75 Å². The van der Waals surface area contributed by atoms with Crippen molar-refractivity contribution in [3.63, 3.8) is 0 Å². The van der Waals surface area contributed by atoms with E-state index in [0.29, 0.717) is 12.5 Å². The third-order valence-electron chi connectivity index (χ3n) is 4.27. The van der Waals surface area contributed by atoms with Crippen LogP contribution < -0.4 is 15.8 Å². The third-order valence-corrected chi connectivity index (χ3v) is 4.27. The predicted molar refractivity (Wildman–Crippen MR) is 97.8 cm³/mol. The van der Waals surface area contributed by atoms with Gasteiger partial charge in [0.2, 0.25) is 0 Å². The molecule has 0 aliphatic carbocycles. The number of morpholine rings is 1. The Morgan fingerprint density at radius 3 is 2.88 bits per heavy atom. The first-order chi connectivity index (χ1) is 11.7. The first-order valence-electron chi connectivity index (χ1n) is 8.67. The Hall–Kier alpha value is -1.79. The molecule has 0 saturated carbocycles. The van der Waals surface area contributed by atoms with E-state index in [2.05, 4.69) is 28.2 Å². The maximum Gasteiger partial charge on any atom is 0.188 e. The zero-order chi connectivity index (χ0) is 17.2. The van der Waals surface area contributed by atoms with Crippen LogP contribution in [0, 0.1) is 0 Å². The van der Waals surface area contributed by atoms with E-state index in [4.69, 9.17) is 15.2 Å². The third kappa shape index (κ3) is 6.02. The molecular formula is C18H30N4O2. The van der Waals surface area contributed by atoms with E-state index in [-0.39, 0.29) is 5.92 Å². The first-order valence-corrected chi connectivity index (χ1v) is 8.67. The van der Waals surface area contributed by atoms with Crippen molar-refractivity contribution in [2.45, 2.75) is 19.3 Å². The van der Waals surface area contributed by atoms with E-state index in [0.717, 1.165) is 57.1 Å². The SMILES string of the molecule is COc1ccccc1C(C)CN=C(N)NCCCN1CCOCC1. The quantitative estimate of drug-likeness (QED) is 0.427. The fourth-order valence-electron chi connectivity index (χ4n) is 2.81. The van der Waals surface area contributed by atoms with Gasteiger partial charge in [0.1, 0.15) is 5.75 Å². The molecule has 1 saturated heterocycles. The standard InChI is InChI=1S/C18H30N4O2/c1-15(16-6-3-4-7-17(16)23-2)14-21-18(19)20-8-5-9-22-10-12-24-13-11-22/h3-4,6-7,15H,5,8-14H2,1-2H3,(H3,19,20,21). The van der Waals surface area contributed by atoms with Gasteiger partial charge < -0.3 is 20.5 Å². The van der Waals surface area contributed by atoms with Crippen LogP contribution >= 0.6 is 0 Å². The van der Waals surface area contributed by atoms with Crippen LogP contribution in [0.25, 0.3) is 0 Å². The highest BCUT2D eigenvalue weighted by molar-refractivity contribution is 5.77. The summed E-state index contributed by atoms with van der Waals surface area (Å²) in [7, 11) is 1.69. The van der Waals surface area contributed by atoms with Crippen LogP contribution in [0.3, 0.4) is 0 Å². The Balaban J connectivity index is 1.69. The molecular weight excluding hydrogens is 304 g/mol. The second kappa shape index (κ2) is 10.2. The van der Waals surface area contributed by atoms with E-state index >= 15 is 0 Å². The van der Waals surface area contributed by atoms with Gasteiger partial charge in [-0.25, -0.2) is 0 Å². The summed E-state index contributed by atoms with van der Waals surface area (Å²) < 4.78 is 10.7. The van der Waals surface area contributed by atoms with Gasteiger partial charge in [-0.2, -0.15) is 0 Å². The Morgan fingerprint density at radius 1 is 1.38 bits per heavy atom. The Bertz CT molecular complexity index is 515. The number of benzene rings is 1. The van der Waals surface area contributed by atoms with Crippen molar-refractivity contribution in [2.75, 3.05) is 53.0 Å². The van der Waals surface area contributed by atoms with E-state index in [9.17, 15) is 0 Å². The van der Waals surface area contributed by atoms with Gasteiger partial charge in [-0.05, 0) is 24.6 Å². The van der Waals surface area contributed by atoms with Gasteiger partial charge in [0.25, 0.3) is 0 Å². The van der Waals surface area contributed by atoms with Crippen molar-refractivity contribution in [1.82, 2.24) is 10.2 Å². The fraction of sp³-hybridized carbons (Fsp3) is 0.611. The Kier molecular flexibility index (Phi) is 7.85. The number of aliphatic imine (C=N–C) groups is 1. The number of methoxy groups -OCH3 is 1. The molecule has 0 spiro atoms. The number of ether oxygens (including phenoxy) is 2. The Labute approximate surface area is 145 Å². The summed E-state index contributed by atoms with van der Waals surface area (Å²) in [6, 6.07) is 8.04. The van der Waals surface area contributed by atoms with Crippen molar-refractivity contribution < 1.29 is 9.47 Å². The largest absolute Gasteiger partial charge is 0.496 e. The molecule has 1 unspecified atom stereocenters. The fourth-order valence-corrected chi connectivity index (χ4v) is 2.81. The molecule has 24 heavy (non-hydrogen) atoms. The zero-order valence-corrected chi connectivity index (χ0v) is 14.8. The average molecular weight is 334 g/mol. The second-order valence-corrected chi connectivity index (χ2v) is 6.10. The number of nitrogens with zero attached hydrogens (tertiary/aromatic N) is 2. The molecule has 0 aromatic heterocycles. The van der Waals surface area contributed by atoms with Crippen LogP contribution in [0.15, 0.2) is 29.3 Å². The summed E-state index contributed by atoms with van der Waals surface area (Å²) in [6.45, 7) is 8.43. The number of hydrogen-bond acceptors (Lipinski definition) is 4. The van der Waals surface area contributed by atoms with E-state index in [1.807, 2.05) is 18.2 Å². The molecule has 1 aliphatic rings. The van der Waals surface area contributed by atoms with Gasteiger partial charge >= 0.3 is 0 Å². The molecule has 0 bridgehead atoms. The predicted octanol–water partition coefficient (Wildman–Crippen LogP) is 1.43. The smallest absolute Gasteiger partial charge is 0.188 e. The highest BCUT2D eigenvalue weighted by Gasteiger charge is 2.11. The van der Waals surface area contributed by atoms with Crippen molar-refractivity contribution in [2.24, 2.45) is 10.7 Å². The molecule has 1 atom stereocenters. The lowest BCUT2D eigenvalue weighted by atomic mass is 10.0. The van der Waals surface area contributed by atoms with Crippen LogP contribution in [-0.2, 0) is 4.74 Å². The van der Waals surface area contributed by atoms with Gasteiger partial charge in [-0.1, -0.05) is 25.1 Å². The molecule has 1 aromatic carbocycles. The highest BCUT2D eigenvalue weighted by atomic mass is 16.5. The van der Waals surface area contributed by atoms with Crippen LogP contribution in [0.2, 0.25) is 0 Å².